The summed E-state index contributed by atoms with van der Waals surface area (Å²) < 4.78 is 0. The molecule has 24 heavy (non-hydrogen) atoms. The largest absolute Gasteiger partial charge is 0.299 e. The van der Waals surface area contributed by atoms with Crippen LogP contribution in [0.5, 0.6) is 0 Å². The molecule has 5 nitrogen and oxygen atoms in total. The van der Waals surface area contributed by atoms with E-state index in [1.807, 2.05) is 0 Å². The van der Waals surface area contributed by atoms with E-state index in [9.17, 15) is 4.79 Å². The highest BCUT2D eigenvalue weighted by atomic mass is 32.1. The van der Waals surface area contributed by atoms with Crippen LogP contribution >= 0.6 is 11.3 Å². The van der Waals surface area contributed by atoms with Gasteiger partial charge in [0, 0.05) is 11.5 Å². The highest BCUT2D eigenvalue weighted by molar-refractivity contribution is 7.15. The Morgan fingerprint density at radius 2 is 2.00 bits per heavy atom. The second-order valence-electron chi connectivity index (χ2n) is 8.94. The Balaban J connectivity index is 1.69. The first-order valence-corrected chi connectivity index (χ1v) is 9.91. The van der Waals surface area contributed by atoms with Gasteiger partial charge in [-0.25, -0.2) is 0 Å². The standard InChI is InChI=1S/C18H30N4OS/c1-17(2,3)15-20-21-16(24-15)19-14(23)12-8-7-11-22(12)13-9-6-10-18(13,4)5/h12-13H,6-11H2,1-5H3,(H,19,21,23)/t12-,13?/m0/s1. The van der Waals surface area contributed by atoms with Crippen molar-refractivity contribution < 1.29 is 4.79 Å². The van der Waals surface area contributed by atoms with Crippen LogP contribution in [0.4, 0.5) is 5.13 Å². The van der Waals surface area contributed by atoms with Gasteiger partial charge < -0.3 is 0 Å². The summed E-state index contributed by atoms with van der Waals surface area (Å²) in [4.78, 5) is 15.3. The van der Waals surface area contributed by atoms with E-state index in [0.29, 0.717) is 16.6 Å². The molecule has 1 aromatic rings. The van der Waals surface area contributed by atoms with Gasteiger partial charge in [-0.2, -0.15) is 0 Å². The first-order chi connectivity index (χ1) is 11.2. The average molecular weight is 351 g/mol. The molecular weight excluding hydrogens is 320 g/mol. The van der Waals surface area contributed by atoms with Crippen LogP contribution < -0.4 is 5.32 Å². The van der Waals surface area contributed by atoms with E-state index < -0.39 is 0 Å². The van der Waals surface area contributed by atoms with Crippen molar-refractivity contribution in [3.63, 3.8) is 0 Å². The lowest BCUT2D eigenvalue weighted by Gasteiger charge is -2.38. The summed E-state index contributed by atoms with van der Waals surface area (Å²) in [7, 11) is 0. The van der Waals surface area contributed by atoms with E-state index in [1.165, 1.54) is 30.6 Å². The number of rotatable bonds is 3. The number of hydrogen-bond acceptors (Lipinski definition) is 5. The third-order valence-electron chi connectivity index (χ3n) is 5.49. The Morgan fingerprint density at radius 1 is 1.25 bits per heavy atom. The van der Waals surface area contributed by atoms with Crippen LogP contribution in [-0.2, 0) is 10.2 Å². The lowest BCUT2D eigenvalue weighted by atomic mass is 9.86. The molecule has 1 N–H and O–H groups in total. The van der Waals surface area contributed by atoms with Gasteiger partial charge in [-0.15, -0.1) is 10.2 Å². The lowest BCUT2D eigenvalue weighted by molar-refractivity contribution is -0.121. The number of amides is 1. The molecule has 1 unspecified atom stereocenters. The number of hydrogen-bond donors (Lipinski definition) is 1. The molecule has 1 saturated carbocycles. The second kappa shape index (κ2) is 6.37. The summed E-state index contributed by atoms with van der Waals surface area (Å²) >= 11 is 1.49. The molecule has 134 valence electrons. The smallest absolute Gasteiger partial charge is 0.243 e. The van der Waals surface area contributed by atoms with Crippen LogP contribution in [0.25, 0.3) is 0 Å². The summed E-state index contributed by atoms with van der Waals surface area (Å²) in [5.74, 6) is 0.0896. The fourth-order valence-electron chi connectivity index (χ4n) is 4.13. The van der Waals surface area contributed by atoms with E-state index in [4.69, 9.17) is 0 Å². The number of nitrogens with one attached hydrogen (secondary N) is 1. The van der Waals surface area contributed by atoms with Crippen molar-refractivity contribution in [2.45, 2.75) is 84.2 Å². The number of carbonyl (C=O) groups is 1. The van der Waals surface area contributed by atoms with Crippen molar-refractivity contribution in [3.8, 4) is 0 Å². The Labute approximate surface area is 149 Å². The van der Waals surface area contributed by atoms with Gasteiger partial charge in [0.15, 0.2) is 0 Å². The van der Waals surface area contributed by atoms with Crippen molar-refractivity contribution >= 4 is 22.4 Å². The number of anilines is 1. The summed E-state index contributed by atoms with van der Waals surface area (Å²) in [6.07, 6.45) is 5.79. The molecule has 0 aromatic carbocycles. The fourth-order valence-corrected chi connectivity index (χ4v) is 4.94. The topological polar surface area (TPSA) is 58.1 Å². The molecule has 1 amide bonds. The number of likely N-dealkylation sites (tertiary alicyclic amines) is 1. The van der Waals surface area contributed by atoms with Gasteiger partial charge in [0.1, 0.15) is 5.01 Å². The molecule has 6 heteroatoms. The van der Waals surface area contributed by atoms with Gasteiger partial charge in [-0.3, -0.25) is 15.0 Å². The van der Waals surface area contributed by atoms with Gasteiger partial charge in [-0.05, 0) is 37.6 Å². The quantitative estimate of drug-likeness (QED) is 0.900. The summed E-state index contributed by atoms with van der Waals surface area (Å²) in [6, 6.07) is 0.504. The number of nitrogens with zero attached hydrogens (tertiary/aromatic N) is 3. The minimum atomic E-state index is -0.0338. The minimum Gasteiger partial charge on any atom is -0.299 e. The molecule has 2 heterocycles. The third-order valence-corrected chi connectivity index (χ3v) is 6.76. The maximum absolute atomic E-state index is 12.8. The number of carbonyl (C=O) groups excluding carboxylic acids is 1. The molecule has 1 aliphatic carbocycles. The molecule has 3 rings (SSSR count). The predicted molar refractivity (Wildman–Crippen MR) is 98.4 cm³/mol. The van der Waals surface area contributed by atoms with Crippen molar-refractivity contribution in [3.05, 3.63) is 5.01 Å². The molecule has 0 bridgehead atoms. The van der Waals surface area contributed by atoms with Gasteiger partial charge in [-0.1, -0.05) is 52.4 Å². The molecule has 0 radical (unpaired) electrons. The molecule has 0 spiro atoms. The highest BCUT2D eigenvalue weighted by Gasteiger charge is 2.44. The zero-order valence-electron chi connectivity index (χ0n) is 15.6. The molecular formula is C18H30N4OS. The Morgan fingerprint density at radius 3 is 2.58 bits per heavy atom. The molecule has 1 aliphatic heterocycles. The van der Waals surface area contributed by atoms with Gasteiger partial charge in [0.2, 0.25) is 11.0 Å². The van der Waals surface area contributed by atoms with Crippen molar-refractivity contribution in [2.75, 3.05) is 11.9 Å². The van der Waals surface area contributed by atoms with E-state index in [-0.39, 0.29) is 17.4 Å². The van der Waals surface area contributed by atoms with Crippen LogP contribution in [0.15, 0.2) is 0 Å². The van der Waals surface area contributed by atoms with Gasteiger partial charge in [0.25, 0.3) is 0 Å². The van der Waals surface area contributed by atoms with Gasteiger partial charge >= 0.3 is 0 Å². The fraction of sp³-hybridized carbons (Fsp3) is 0.833. The average Bonchev–Trinajstić information content (AvgIpc) is 3.15. The first-order valence-electron chi connectivity index (χ1n) is 9.09. The summed E-state index contributed by atoms with van der Waals surface area (Å²) in [5, 5.41) is 13.0. The van der Waals surface area contributed by atoms with Crippen LogP contribution in [0.2, 0.25) is 0 Å². The van der Waals surface area contributed by atoms with E-state index in [1.54, 1.807) is 0 Å². The highest BCUT2D eigenvalue weighted by Crippen LogP contribution is 2.43. The minimum absolute atomic E-state index is 0.0191. The SMILES string of the molecule is CC(C)(C)c1nnc(NC(=O)[C@@H]2CCCN2C2CCCC2(C)C)s1. The van der Waals surface area contributed by atoms with Crippen LogP contribution in [0.1, 0.15) is 71.7 Å². The first kappa shape index (κ1) is 17.8. The second-order valence-corrected chi connectivity index (χ2v) is 9.92. The lowest BCUT2D eigenvalue weighted by Crippen LogP contribution is -2.49. The number of aromatic nitrogens is 2. The normalized spacial score (nSPS) is 27.5. The zero-order valence-corrected chi connectivity index (χ0v) is 16.4. The third kappa shape index (κ3) is 3.49. The maximum atomic E-state index is 12.8. The van der Waals surface area contributed by atoms with Crippen LogP contribution in [0, 0.1) is 5.41 Å². The summed E-state index contributed by atoms with van der Waals surface area (Å²) in [6.45, 7) is 12.1. The zero-order chi connectivity index (χ0) is 17.5. The van der Waals surface area contributed by atoms with E-state index in [2.05, 4.69) is 55.0 Å². The summed E-state index contributed by atoms with van der Waals surface area (Å²) in [5.41, 5.74) is 0.277. The Kier molecular flexibility index (Phi) is 4.73. The molecule has 1 aromatic heterocycles. The van der Waals surface area contributed by atoms with E-state index in [0.717, 1.165) is 24.4 Å². The van der Waals surface area contributed by atoms with Crippen LogP contribution in [0.3, 0.4) is 0 Å². The van der Waals surface area contributed by atoms with Crippen molar-refractivity contribution in [1.82, 2.24) is 15.1 Å². The van der Waals surface area contributed by atoms with Crippen molar-refractivity contribution in [2.24, 2.45) is 5.41 Å². The van der Waals surface area contributed by atoms with E-state index >= 15 is 0 Å². The molecule has 2 atom stereocenters. The van der Waals surface area contributed by atoms with Crippen LogP contribution in [-0.4, -0.2) is 39.6 Å². The molecule has 2 aliphatic rings. The Bertz CT molecular complexity index is 604. The predicted octanol–water partition coefficient (Wildman–Crippen LogP) is 3.82. The van der Waals surface area contributed by atoms with Crippen molar-refractivity contribution in [1.29, 1.82) is 0 Å². The molecule has 1 saturated heterocycles. The molecule has 2 fully saturated rings. The Hall–Kier alpha value is -1.01. The van der Waals surface area contributed by atoms with Gasteiger partial charge in [0.05, 0.1) is 6.04 Å². The monoisotopic (exact) mass is 350 g/mol. The maximum Gasteiger partial charge on any atom is 0.243 e.